The minimum Gasteiger partial charge on any atom is -0.356 e. The first-order chi connectivity index (χ1) is 8.99. The van der Waals surface area contributed by atoms with E-state index in [1.807, 2.05) is 16.9 Å². The minimum absolute atomic E-state index is 0.105. The molecule has 0 atom stereocenters. The maximum atomic E-state index is 11.5. The molecule has 0 saturated carbocycles. The van der Waals surface area contributed by atoms with Crippen LogP contribution in [-0.2, 0) is 11.3 Å². The molecule has 0 aliphatic carbocycles. The van der Waals surface area contributed by atoms with Gasteiger partial charge in [-0.15, -0.1) is 0 Å². The van der Waals surface area contributed by atoms with E-state index in [1.54, 1.807) is 0 Å². The van der Waals surface area contributed by atoms with Crippen molar-refractivity contribution in [3.63, 3.8) is 0 Å². The molecule has 5 heteroatoms. The molecule has 0 aliphatic heterocycles. The summed E-state index contributed by atoms with van der Waals surface area (Å²) in [4.78, 5) is 11.5. The molecule has 1 heterocycles. The number of carbonyl (C=O) groups excluding carboxylic acids is 1. The molecule has 0 aliphatic rings. The number of carbonyl (C=O) groups is 1. The Morgan fingerprint density at radius 2 is 2.11 bits per heavy atom. The predicted octanol–water partition coefficient (Wildman–Crippen LogP) is 1.72. The fourth-order valence-electron chi connectivity index (χ4n) is 1.58. The molecule has 0 bridgehead atoms. The molecule has 0 radical (unpaired) electrons. The topological polar surface area (TPSA) is 59.0 Å². The van der Waals surface area contributed by atoms with Gasteiger partial charge in [0.15, 0.2) is 0 Å². The highest BCUT2D eigenvalue weighted by Gasteiger charge is 2.03. The summed E-state index contributed by atoms with van der Waals surface area (Å²) in [5.41, 5.74) is 1.01. The van der Waals surface area contributed by atoms with Gasteiger partial charge in [-0.25, -0.2) is 0 Å². The van der Waals surface area contributed by atoms with Gasteiger partial charge in [-0.1, -0.05) is 13.8 Å². The van der Waals surface area contributed by atoms with Crippen molar-refractivity contribution in [2.75, 3.05) is 13.1 Å². The highest BCUT2D eigenvalue weighted by Crippen LogP contribution is 2.03. The third-order valence-corrected chi connectivity index (χ3v) is 2.74. The molecule has 1 aromatic heterocycles. The first-order valence-corrected chi connectivity index (χ1v) is 7.00. The van der Waals surface area contributed by atoms with Crippen LogP contribution >= 0.6 is 0 Å². The van der Waals surface area contributed by atoms with E-state index < -0.39 is 0 Å². The van der Waals surface area contributed by atoms with E-state index in [9.17, 15) is 4.79 Å². The molecule has 0 aromatic carbocycles. The number of nitrogens with zero attached hydrogens (tertiary/aromatic N) is 2. The molecule has 0 unspecified atom stereocenters. The van der Waals surface area contributed by atoms with Crippen LogP contribution in [0.15, 0.2) is 12.3 Å². The molecule has 5 nitrogen and oxygen atoms in total. The Balaban J connectivity index is 2.14. The van der Waals surface area contributed by atoms with Gasteiger partial charge in [-0.05, 0) is 25.8 Å². The number of amides is 1. The Labute approximate surface area is 115 Å². The van der Waals surface area contributed by atoms with Gasteiger partial charge in [-0.2, -0.15) is 5.10 Å². The van der Waals surface area contributed by atoms with E-state index in [-0.39, 0.29) is 5.91 Å². The van der Waals surface area contributed by atoms with Gasteiger partial charge in [-0.3, -0.25) is 9.48 Å². The van der Waals surface area contributed by atoms with E-state index in [0.717, 1.165) is 12.2 Å². The second-order valence-electron chi connectivity index (χ2n) is 5.51. The van der Waals surface area contributed by atoms with Crippen LogP contribution in [0, 0.1) is 5.92 Å². The van der Waals surface area contributed by atoms with Crippen molar-refractivity contribution in [3.8, 4) is 0 Å². The lowest BCUT2D eigenvalue weighted by atomic mass is 10.2. The molecule has 0 spiro atoms. The second-order valence-corrected chi connectivity index (χ2v) is 5.51. The summed E-state index contributed by atoms with van der Waals surface area (Å²) in [5, 5.41) is 10.6. The van der Waals surface area contributed by atoms with E-state index in [0.29, 0.717) is 31.5 Å². The van der Waals surface area contributed by atoms with Crippen LogP contribution in [0.5, 0.6) is 0 Å². The lowest BCUT2D eigenvalue weighted by molar-refractivity contribution is -0.121. The first kappa shape index (κ1) is 15.7. The van der Waals surface area contributed by atoms with Crippen LogP contribution in [0.3, 0.4) is 0 Å². The number of nitrogens with one attached hydrogen (secondary N) is 2. The summed E-state index contributed by atoms with van der Waals surface area (Å²) in [6, 6.07) is 2.39. The van der Waals surface area contributed by atoms with Crippen molar-refractivity contribution < 1.29 is 4.79 Å². The Bertz CT molecular complexity index is 385. The second kappa shape index (κ2) is 7.94. The van der Waals surface area contributed by atoms with Gasteiger partial charge in [0.25, 0.3) is 0 Å². The summed E-state index contributed by atoms with van der Waals surface area (Å²) >= 11 is 0. The molecule has 0 saturated heterocycles. The van der Waals surface area contributed by atoms with Crippen LogP contribution in [0.1, 0.15) is 45.9 Å². The Kier molecular flexibility index (Phi) is 6.56. The molecule has 1 aromatic rings. The minimum atomic E-state index is 0.105. The monoisotopic (exact) mass is 266 g/mol. The van der Waals surface area contributed by atoms with Crippen molar-refractivity contribution >= 4 is 5.91 Å². The fraction of sp³-hybridized carbons (Fsp3) is 0.714. The van der Waals surface area contributed by atoms with Crippen molar-refractivity contribution in [1.29, 1.82) is 0 Å². The van der Waals surface area contributed by atoms with Gasteiger partial charge in [0.2, 0.25) is 5.91 Å². The number of aromatic nitrogens is 2. The molecular formula is C14H26N4O. The third kappa shape index (κ3) is 6.38. The van der Waals surface area contributed by atoms with Gasteiger partial charge in [0.05, 0.1) is 5.69 Å². The highest BCUT2D eigenvalue weighted by atomic mass is 16.1. The molecule has 19 heavy (non-hydrogen) atoms. The molecule has 0 fully saturated rings. The number of rotatable bonds is 8. The summed E-state index contributed by atoms with van der Waals surface area (Å²) < 4.78 is 1.94. The lowest BCUT2D eigenvalue weighted by Crippen LogP contribution is -2.30. The Hall–Kier alpha value is -1.36. The zero-order valence-corrected chi connectivity index (χ0v) is 12.4. The van der Waals surface area contributed by atoms with Crippen LogP contribution in [-0.4, -0.2) is 28.8 Å². The van der Waals surface area contributed by atoms with Crippen LogP contribution in [0.4, 0.5) is 0 Å². The Morgan fingerprint density at radius 1 is 1.37 bits per heavy atom. The molecule has 2 N–H and O–H groups in total. The lowest BCUT2D eigenvalue weighted by Gasteiger charge is -2.08. The number of hydrogen-bond acceptors (Lipinski definition) is 3. The van der Waals surface area contributed by atoms with Crippen LogP contribution in [0.2, 0.25) is 0 Å². The van der Waals surface area contributed by atoms with Crippen molar-refractivity contribution in [1.82, 2.24) is 20.4 Å². The van der Waals surface area contributed by atoms with Crippen molar-refractivity contribution in [2.24, 2.45) is 5.92 Å². The SMILES string of the molecule is CC(C)CNC(=O)CCNCc1ccn(C(C)C)n1. The summed E-state index contributed by atoms with van der Waals surface area (Å²) in [5.74, 6) is 0.603. The van der Waals surface area contributed by atoms with Crippen LogP contribution in [0.25, 0.3) is 0 Å². The summed E-state index contributed by atoms with van der Waals surface area (Å²) in [6.45, 7) is 10.5. The zero-order chi connectivity index (χ0) is 14.3. The van der Waals surface area contributed by atoms with Crippen molar-refractivity contribution in [3.05, 3.63) is 18.0 Å². The first-order valence-electron chi connectivity index (χ1n) is 7.00. The number of hydrogen-bond donors (Lipinski definition) is 2. The van der Waals surface area contributed by atoms with Crippen LogP contribution < -0.4 is 10.6 Å². The maximum Gasteiger partial charge on any atom is 0.221 e. The zero-order valence-electron chi connectivity index (χ0n) is 12.4. The standard InChI is InChI=1S/C14H26N4O/c1-11(2)9-16-14(19)5-7-15-10-13-6-8-18(17-13)12(3)4/h6,8,11-12,15H,5,7,9-10H2,1-4H3,(H,16,19). The summed E-state index contributed by atoms with van der Waals surface area (Å²) in [6.07, 6.45) is 2.49. The average Bonchev–Trinajstić information content (AvgIpc) is 2.81. The summed E-state index contributed by atoms with van der Waals surface area (Å²) in [7, 11) is 0. The molecular weight excluding hydrogens is 240 g/mol. The van der Waals surface area contributed by atoms with Gasteiger partial charge >= 0.3 is 0 Å². The molecule has 108 valence electrons. The maximum absolute atomic E-state index is 11.5. The Morgan fingerprint density at radius 3 is 2.68 bits per heavy atom. The normalized spacial score (nSPS) is 11.3. The molecule has 1 amide bonds. The average molecular weight is 266 g/mol. The van der Waals surface area contributed by atoms with E-state index in [1.165, 1.54) is 0 Å². The quantitative estimate of drug-likeness (QED) is 0.704. The highest BCUT2D eigenvalue weighted by molar-refractivity contribution is 5.76. The van der Waals surface area contributed by atoms with E-state index in [2.05, 4.69) is 43.4 Å². The fourth-order valence-corrected chi connectivity index (χ4v) is 1.58. The van der Waals surface area contributed by atoms with E-state index >= 15 is 0 Å². The van der Waals surface area contributed by atoms with Gasteiger partial charge in [0.1, 0.15) is 0 Å². The van der Waals surface area contributed by atoms with Gasteiger partial charge < -0.3 is 10.6 Å². The largest absolute Gasteiger partial charge is 0.356 e. The molecule has 1 rings (SSSR count). The predicted molar refractivity (Wildman–Crippen MR) is 76.8 cm³/mol. The third-order valence-electron chi connectivity index (χ3n) is 2.74. The van der Waals surface area contributed by atoms with Crippen molar-refractivity contribution in [2.45, 2.75) is 46.7 Å². The van der Waals surface area contributed by atoms with Gasteiger partial charge in [0, 0.05) is 38.3 Å². The van der Waals surface area contributed by atoms with E-state index in [4.69, 9.17) is 0 Å². The smallest absolute Gasteiger partial charge is 0.221 e.